The van der Waals surface area contributed by atoms with Crippen molar-refractivity contribution in [2.24, 2.45) is 28.9 Å². The fraction of sp³-hybridized carbons (Fsp3) is 0.500. The number of aliphatic hydroxyl groups is 1. The van der Waals surface area contributed by atoms with Crippen molar-refractivity contribution in [3.05, 3.63) is 35.9 Å². The Hall–Kier alpha value is -3.10. The van der Waals surface area contributed by atoms with E-state index >= 15 is 0 Å². The molecule has 0 aromatic heterocycles. The average molecular weight is 477 g/mol. The number of nitrogens with two attached hydrogens (primary N) is 4. The standard InChI is InChI=1S/C9H11NO2.C6H13NO2.C3H7NO3.C2H5NO2/c10-8(9(11)12)6-7-4-2-1-3-5-7;1-4(2)3-5(7)6(8)9;4-2(1-5)3(6)7;3-1-2(4)5/h1-5,8H,6,10H2,(H,11,12);4-5H,3,7H2,1-2H3,(H,8,9);2,5H,1,4H2,(H,6,7);1,3H2,(H,4,5). The maximum atomic E-state index is 10.4. The van der Waals surface area contributed by atoms with Crippen molar-refractivity contribution in [3.8, 4) is 0 Å². The van der Waals surface area contributed by atoms with Crippen LogP contribution in [0.2, 0.25) is 0 Å². The predicted molar refractivity (Wildman–Crippen MR) is 120 cm³/mol. The molecule has 0 radical (unpaired) electrons. The van der Waals surface area contributed by atoms with Crippen molar-refractivity contribution in [2.45, 2.75) is 44.8 Å². The van der Waals surface area contributed by atoms with Gasteiger partial charge in [0.2, 0.25) is 0 Å². The van der Waals surface area contributed by atoms with E-state index in [1.165, 1.54) is 0 Å². The van der Waals surface area contributed by atoms with Crippen LogP contribution in [-0.4, -0.2) is 80.7 Å². The highest BCUT2D eigenvalue weighted by molar-refractivity contribution is 5.74. The van der Waals surface area contributed by atoms with Gasteiger partial charge in [-0.3, -0.25) is 19.2 Å². The van der Waals surface area contributed by atoms with E-state index < -0.39 is 48.6 Å². The number of hydrogen-bond acceptors (Lipinski definition) is 9. The van der Waals surface area contributed by atoms with Crippen LogP contribution in [0.5, 0.6) is 0 Å². The second kappa shape index (κ2) is 20.8. The molecule has 0 heterocycles. The van der Waals surface area contributed by atoms with Crippen LogP contribution >= 0.6 is 0 Å². The Morgan fingerprint density at radius 3 is 1.39 bits per heavy atom. The summed E-state index contributed by atoms with van der Waals surface area (Å²) >= 11 is 0. The Morgan fingerprint density at radius 1 is 0.788 bits per heavy atom. The molecule has 13 nitrogen and oxygen atoms in total. The van der Waals surface area contributed by atoms with E-state index in [0.29, 0.717) is 18.8 Å². The van der Waals surface area contributed by atoms with E-state index in [1.54, 1.807) is 0 Å². The Morgan fingerprint density at radius 2 is 1.18 bits per heavy atom. The minimum absolute atomic E-state index is 0.278. The van der Waals surface area contributed by atoms with E-state index in [9.17, 15) is 19.2 Å². The molecule has 1 aromatic rings. The quantitative estimate of drug-likeness (QED) is 0.196. The normalized spacial score (nSPS) is 12.2. The van der Waals surface area contributed by atoms with Gasteiger partial charge in [0.05, 0.1) is 13.2 Å². The van der Waals surface area contributed by atoms with Crippen LogP contribution in [0.15, 0.2) is 30.3 Å². The molecule has 13 N–H and O–H groups in total. The minimum atomic E-state index is -1.18. The summed E-state index contributed by atoms with van der Waals surface area (Å²) in [5.41, 5.74) is 20.9. The van der Waals surface area contributed by atoms with Gasteiger partial charge in [0.1, 0.15) is 18.1 Å². The van der Waals surface area contributed by atoms with Crippen molar-refractivity contribution in [1.82, 2.24) is 0 Å². The number of carbonyl (C=O) groups is 4. The first-order chi connectivity index (χ1) is 15.2. The first-order valence-electron chi connectivity index (χ1n) is 9.71. The zero-order chi connectivity index (χ0) is 26.6. The van der Waals surface area contributed by atoms with Gasteiger partial charge in [-0.2, -0.15) is 0 Å². The summed E-state index contributed by atoms with van der Waals surface area (Å²) in [4.78, 5) is 39.4. The molecule has 1 rings (SSSR count). The number of hydrogen-bond donors (Lipinski definition) is 9. The molecule has 0 saturated heterocycles. The maximum Gasteiger partial charge on any atom is 0.322 e. The zero-order valence-corrected chi connectivity index (χ0v) is 18.7. The van der Waals surface area contributed by atoms with Crippen LogP contribution < -0.4 is 22.9 Å². The summed E-state index contributed by atoms with van der Waals surface area (Å²) in [6, 6.07) is 6.73. The number of carboxylic acid groups (broad SMARTS) is 4. The van der Waals surface area contributed by atoms with Crippen molar-refractivity contribution < 1.29 is 44.7 Å². The fourth-order valence-corrected chi connectivity index (χ4v) is 1.64. The number of carboxylic acids is 4. The van der Waals surface area contributed by atoms with E-state index in [0.717, 1.165) is 5.56 Å². The molecule has 190 valence electrons. The molecule has 0 spiro atoms. The monoisotopic (exact) mass is 476 g/mol. The van der Waals surface area contributed by atoms with Crippen LogP contribution in [0, 0.1) is 5.92 Å². The number of aliphatic carboxylic acids is 4. The molecule has 1 aromatic carbocycles. The first kappa shape index (κ1) is 34.5. The molecule has 3 unspecified atom stereocenters. The van der Waals surface area contributed by atoms with Crippen LogP contribution in [0.1, 0.15) is 25.8 Å². The van der Waals surface area contributed by atoms with Crippen LogP contribution in [0.4, 0.5) is 0 Å². The van der Waals surface area contributed by atoms with E-state index in [4.69, 9.17) is 42.7 Å². The van der Waals surface area contributed by atoms with E-state index in [1.807, 2.05) is 44.2 Å². The topological polar surface area (TPSA) is 274 Å². The SMILES string of the molecule is CC(C)CC(N)C(=O)O.NC(CO)C(=O)O.NC(Cc1ccccc1)C(=O)O.NCC(=O)O. The lowest BCUT2D eigenvalue weighted by Gasteiger charge is -2.07. The van der Waals surface area contributed by atoms with Gasteiger partial charge < -0.3 is 48.5 Å². The Kier molecular flexibility index (Phi) is 21.7. The third kappa shape index (κ3) is 25.0. The summed E-state index contributed by atoms with van der Waals surface area (Å²) in [6.45, 7) is 3.11. The summed E-state index contributed by atoms with van der Waals surface area (Å²) in [5.74, 6) is -3.66. The zero-order valence-electron chi connectivity index (χ0n) is 18.7. The highest BCUT2D eigenvalue weighted by atomic mass is 16.4. The molecule has 0 fully saturated rings. The molecular formula is C20H36N4O9. The van der Waals surface area contributed by atoms with E-state index in [-0.39, 0.29) is 6.54 Å². The first-order valence-corrected chi connectivity index (χ1v) is 9.71. The largest absolute Gasteiger partial charge is 0.480 e. The lowest BCUT2D eigenvalue weighted by molar-refractivity contribution is -0.140. The fourth-order valence-electron chi connectivity index (χ4n) is 1.64. The Balaban J connectivity index is -0.000000384. The second-order valence-electron chi connectivity index (χ2n) is 6.93. The highest BCUT2D eigenvalue weighted by Gasteiger charge is 2.12. The van der Waals surface area contributed by atoms with Gasteiger partial charge in [-0.05, 0) is 24.3 Å². The molecule has 13 heteroatoms. The highest BCUT2D eigenvalue weighted by Crippen LogP contribution is 2.02. The van der Waals surface area contributed by atoms with Crippen molar-refractivity contribution >= 4 is 23.9 Å². The summed E-state index contributed by atoms with van der Waals surface area (Å²) in [7, 11) is 0. The minimum Gasteiger partial charge on any atom is -0.480 e. The van der Waals surface area contributed by atoms with Crippen molar-refractivity contribution in [2.75, 3.05) is 13.2 Å². The number of aliphatic hydroxyl groups excluding tert-OH is 1. The van der Waals surface area contributed by atoms with Crippen LogP contribution in [0.3, 0.4) is 0 Å². The molecule has 0 bridgehead atoms. The smallest absolute Gasteiger partial charge is 0.322 e. The van der Waals surface area contributed by atoms with Gasteiger partial charge >= 0.3 is 23.9 Å². The maximum absolute atomic E-state index is 10.4. The summed E-state index contributed by atoms with van der Waals surface area (Å²) in [5, 5.41) is 40.3. The number of rotatable bonds is 9. The van der Waals surface area contributed by atoms with Gasteiger partial charge in [0.25, 0.3) is 0 Å². The Labute approximate surface area is 192 Å². The average Bonchev–Trinajstić information content (AvgIpc) is 2.74. The van der Waals surface area contributed by atoms with Crippen molar-refractivity contribution in [3.63, 3.8) is 0 Å². The van der Waals surface area contributed by atoms with Crippen LogP contribution in [0.25, 0.3) is 0 Å². The Bertz CT molecular complexity index is 687. The van der Waals surface area contributed by atoms with Crippen molar-refractivity contribution in [1.29, 1.82) is 0 Å². The lowest BCUT2D eigenvalue weighted by Crippen LogP contribution is -2.33. The molecule has 3 atom stereocenters. The molecule has 33 heavy (non-hydrogen) atoms. The molecule has 0 aliphatic heterocycles. The summed E-state index contributed by atoms with van der Waals surface area (Å²) < 4.78 is 0. The van der Waals surface area contributed by atoms with Gasteiger partial charge in [-0.1, -0.05) is 44.2 Å². The second-order valence-corrected chi connectivity index (χ2v) is 6.93. The summed E-state index contributed by atoms with van der Waals surface area (Å²) in [6.07, 6.45) is 0.936. The third-order valence-electron chi connectivity index (χ3n) is 3.35. The van der Waals surface area contributed by atoms with Gasteiger partial charge in [0.15, 0.2) is 0 Å². The molecule has 0 amide bonds. The molecule has 0 aliphatic carbocycles. The van der Waals surface area contributed by atoms with Crippen LogP contribution in [-0.2, 0) is 25.6 Å². The van der Waals surface area contributed by atoms with Gasteiger partial charge in [0, 0.05) is 0 Å². The molecule has 0 saturated carbocycles. The molecule has 0 aliphatic rings. The van der Waals surface area contributed by atoms with E-state index in [2.05, 4.69) is 5.73 Å². The third-order valence-corrected chi connectivity index (χ3v) is 3.35. The predicted octanol–water partition coefficient (Wildman–Crippen LogP) is -1.49. The van der Waals surface area contributed by atoms with Gasteiger partial charge in [-0.25, -0.2) is 0 Å². The molecular weight excluding hydrogens is 440 g/mol. The lowest BCUT2D eigenvalue weighted by atomic mass is 10.1. The number of benzene rings is 1. The van der Waals surface area contributed by atoms with Gasteiger partial charge in [-0.15, -0.1) is 0 Å².